The summed E-state index contributed by atoms with van der Waals surface area (Å²) in [7, 11) is 0. The summed E-state index contributed by atoms with van der Waals surface area (Å²) in [6.07, 6.45) is 1.23. The van der Waals surface area contributed by atoms with Gasteiger partial charge in [-0.2, -0.15) is 0 Å². The fourth-order valence-electron chi connectivity index (χ4n) is 1.15. The first-order valence-electron chi connectivity index (χ1n) is 5.12. The highest BCUT2D eigenvalue weighted by molar-refractivity contribution is 5.95. The summed E-state index contributed by atoms with van der Waals surface area (Å²) in [4.78, 5) is 26.0. The molecule has 92 valence electrons. The maximum Gasteiger partial charge on any atom is 0.342 e. The van der Waals surface area contributed by atoms with Crippen LogP contribution in [-0.4, -0.2) is 34.7 Å². The Labute approximate surface area is 98.6 Å². The fourth-order valence-corrected chi connectivity index (χ4v) is 1.15. The quantitative estimate of drug-likeness (QED) is 0.748. The summed E-state index contributed by atoms with van der Waals surface area (Å²) in [6.45, 7) is 3.16. The molecule has 2 N–H and O–H groups in total. The van der Waals surface area contributed by atoms with Crippen molar-refractivity contribution in [3.8, 4) is 0 Å². The van der Waals surface area contributed by atoms with Crippen LogP contribution in [0.2, 0.25) is 0 Å². The average Bonchev–Trinajstić information content (AvgIpc) is 2.25. The SMILES string of the molecule is CC(C)OC(=O)c1cccnc1NCC(=O)O. The average molecular weight is 238 g/mol. The van der Waals surface area contributed by atoms with Gasteiger partial charge in [0.1, 0.15) is 17.9 Å². The van der Waals surface area contributed by atoms with Crippen molar-refractivity contribution in [3.05, 3.63) is 23.9 Å². The van der Waals surface area contributed by atoms with Crippen molar-refractivity contribution >= 4 is 17.8 Å². The molecule has 0 aliphatic rings. The first-order chi connectivity index (χ1) is 8.00. The highest BCUT2D eigenvalue weighted by atomic mass is 16.5. The van der Waals surface area contributed by atoms with E-state index >= 15 is 0 Å². The normalized spacial score (nSPS) is 10.1. The van der Waals surface area contributed by atoms with E-state index in [9.17, 15) is 9.59 Å². The minimum absolute atomic E-state index is 0.209. The Morgan fingerprint density at radius 2 is 2.24 bits per heavy atom. The third-order valence-corrected chi connectivity index (χ3v) is 1.78. The van der Waals surface area contributed by atoms with Crippen LogP contribution in [0.4, 0.5) is 5.82 Å². The molecule has 0 atom stereocenters. The lowest BCUT2D eigenvalue weighted by Crippen LogP contribution is -2.18. The minimum Gasteiger partial charge on any atom is -0.480 e. The lowest BCUT2D eigenvalue weighted by molar-refractivity contribution is -0.134. The number of carboxylic acid groups (broad SMARTS) is 1. The van der Waals surface area contributed by atoms with Crippen LogP contribution >= 0.6 is 0 Å². The maximum absolute atomic E-state index is 11.7. The predicted octanol–water partition coefficient (Wildman–Crippen LogP) is 1.14. The van der Waals surface area contributed by atoms with Crippen LogP contribution in [0.5, 0.6) is 0 Å². The predicted molar refractivity (Wildman–Crippen MR) is 60.9 cm³/mol. The van der Waals surface area contributed by atoms with Crippen molar-refractivity contribution in [2.75, 3.05) is 11.9 Å². The number of nitrogens with one attached hydrogen (secondary N) is 1. The Balaban J connectivity index is 2.83. The van der Waals surface area contributed by atoms with Crippen LogP contribution in [0, 0.1) is 0 Å². The summed E-state index contributed by atoms with van der Waals surface area (Å²) in [5.74, 6) is -1.35. The number of carboxylic acids is 1. The van der Waals surface area contributed by atoms with Gasteiger partial charge in [0.2, 0.25) is 0 Å². The van der Waals surface area contributed by atoms with Crippen LogP contribution in [0.3, 0.4) is 0 Å². The molecule has 0 aromatic carbocycles. The zero-order valence-electron chi connectivity index (χ0n) is 9.64. The topological polar surface area (TPSA) is 88.5 Å². The minimum atomic E-state index is -1.03. The van der Waals surface area contributed by atoms with Crippen molar-refractivity contribution in [1.82, 2.24) is 4.98 Å². The second-order valence-corrected chi connectivity index (χ2v) is 3.60. The Hall–Kier alpha value is -2.11. The summed E-state index contributed by atoms with van der Waals surface area (Å²) in [6, 6.07) is 3.12. The van der Waals surface area contributed by atoms with Crippen LogP contribution in [0.25, 0.3) is 0 Å². The summed E-state index contributed by atoms with van der Waals surface area (Å²) in [5, 5.41) is 11.1. The number of hydrogen-bond donors (Lipinski definition) is 2. The molecule has 0 aliphatic carbocycles. The number of aliphatic carboxylic acids is 1. The molecule has 0 amide bonds. The van der Waals surface area contributed by atoms with E-state index in [1.807, 2.05) is 0 Å². The summed E-state index contributed by atoms with van der Waals surface area (Å²) in [5.41, 5.74) is 0.224. The number of aromatic nitrogens is 1. The van der Waals surface area contributed by atoms with Crippen molar-refractivity contribution in [3.63, 3.8) is 0 Å². The molecule has 6 nitrogen and oxygen atoms in total. The molecular weight excluding hydrogens is 224 g/mol. The first kappa shape index (κ1) is 13.0. The third-order valence-electron chi connectivity index (χ3n) is 1.78. The van der Waals surface area contributed by atoms with Crippen LogP contribution in [-0.2, 0) is 9.53 Å². The van der Waals surface area contributed by atoms with E-state index in [0.717, 1.165) is 0 Å². The zero-order chi connectivity index (χ0) is 12.8. The Kier molecular flexibility index (Phi) is 4.45. The molecule has 0 spiro atoms. The molecule has 1 rings (SSSR count). The van der Waals surface area contributed by atoms with Gasteiger partial charge in [0.25, 0.3) is 0 Å². The lowest BCUT2D eigenvalue weighted by Gasteiger charge is -2.11. The highest BCUT2D eigenvalue weighted by Crippen LogP contribution is 2.13. The lowest BCUT2D eigenvalue weighted by atomic mass is 10.2. The second-order valence-electron chi connectivity index (χ2n) is 3.60. The van der Waals surface area contributed by atoms with E-state index in [4.69, 9.17) is 9.84 Å². The number of pyridine rings is 1. The zero-order valence-corrected chi connectivity index (χ0v) is 9.64. The van der Waals surface area contributed by atoms with E-state index in [1.54, 1.807) is 19.9 Å². The van der Waals surface area contributed by atoms with Gasteiger partial charge < -0.3 is 15.2 Å². The van der Waals surface area contributed by atoms with Crippen LogP contribution < -0.4 is 5.32 Å². The Bertz CT molecular complexity index is 418. The van der Waals surface area contributed by atoms with Crippen LogP contribution in [0.15, 0.2) is 18.3 Å². The Morgan fingerprint density at radius 3 is 2.82 bits per heavy atom. The van der Waals surface area contributed by atoms with Gasteiger partial charge in [-0.1, -0.05) is 0 Å². The van der Waals surface area contributed by atoms with Crippen LogP contribution in [0.1, 0.15) is 24.2 Å². The van der Waals surface area contributed by atoms with E-state index in [2.05, 4.69) is 10.3 Å². The number of ether oxygens (including phenoxy) is 1. The molecule has 1 heterocycles. The smallest absolute Gasteiger partial charge is 0.342 e. The van der Waals surface area contributed by atoms with Gasteiger partial charge in [0, 0.05) is 6.20 Å². The van der Waals surface area contributed by atoms with Gasteiger partial charge in [-0.25, -0.2) is 9.78 Å². The molecule has 0 unspecified atom stereocenters. The van der Waals surface area contributed by atoms with Gasteiger partial charge in [-0.3, -0.25) is 4.79 Å². The van der Waals surface area contributed by atoms with Crippen molar-refractivity contribution < 1.29 is 19.4 Å². The summed E-state index contributed by atoms with van der Waals surface area (Å²) >= 11 is 0. The monoisotopic (exact) mass is 238 g/mol. The highest BCUT2D eigenvalue weighted by Gasteiger charge is 2.15. The molecule has 1 aromatic rings. The van der Waals surface area contributed by atoms with Crippen molar-refractivity contribution in [2.45, 2.75) is 20.0 Å². The number of carbonyl (C=O) groups is 2. The van der Waals surface area contributed by atoms with E-state index in [-0.39, 0.29) is 24.0 Å². The molecule has 0 radical (unpaired) electrons. The molecule has 0 bridgehead atoms. The van der Waals surface area contributed by atoms with E-state index in [0.29, 0.717) is 0 Å². The van der Waals surface area contributed by atoms with Gasteiger partial charge >= 0.3 is 11.9 Å². The molecule has 6 heteroatoms. The Morgan fingerprint density at radius 1 is 1.53 bits per heavy atom. The number of rotatable bonds is 5. The van der Waals surface area contributed by atoms with E-state index < -0.39 is 11.9 Å². The van der Waals surface area contributed by atoms with E-state index in [1.165, 1.54) is 12.3 Å². The molecule has 1 aromatic heterocycles. The van der Waals surface area contributed by atoms with Gasteiger partial charge in [0.15, 0.2) is 0 Å². The third kappa shape index (κ3) is 4.10. The fraction of sp³-hybridized carbons (Fsp3) is 0.364. The number of nitrogens with zero attached hydrogens (tertiary/aromatic N) is 1. The maximum atomic E-state index is 11.7. The number of carbonyl (C=O) groups excluding carboxylic acids is 1. The summed E-state index contributed by atoms with van der Waals surface area (Å²) < 4.78 is 5.02. The largest absolute Gasteiger partial charge is 0.480 e. The van der Waals surface area contributed by atoms with Crippen molar-refractivity contribution in [1.29, 1.82) is 0 Å². The number of esters is 1. The standard InChI is InChI=1S/C11H14N2O4/c1-7(2)17-11(16)8-4-3-5-12-10(8)13-6-9(14)15/h3-5,7H,6H2,1-2H3,(H,12,13)(H,14,15). The number of anilines is 1. The molecule has 0 saturated carbocycles. The molecule has 0 aliphatic heterocycles. The molecule has 0 saturated heterocycles. The van der Waals surface area contributed by atoms with Gasteiger partial charge in [0.05, 0.1) is 6.10 Å². The first-order valence-corrected chi connectivity index (χ1v) is 5.12. The van der Waals surface area contributed by atoms with Gasteiger partial charge in [-0.05, 0) is 26.0 Å². The van der Waals surface area contributed by atoms with Gasteiger partial charge in [-0.15, -0.1) is 0 Å². The number of hydrogen-bond acceptors (Lipinski definition) is 5. The second kappa shape index (κ2) is 5.83. The molecular formula is C11H14N2O4. The van der Waals surface area contributed by atoms with Crippen molar-refractivity contribution in [2.24, 2.45) is 0 Å². The molecule has 0 fully saturated rings. The molecule has 17 heavy (non-hydrogen) atoms.